The summed E-state index contributed by atoms with van der Waals surface area (Å²) in [5, 5.41) is -0.0713. The Kier molecular flexibility index (Phi) is 6.11. The van der Waals surface area contributed by atoms with Crippen LogP contribution in [-0.2, 0) is 21.2 Å². The van der Waals surface area contributed by atoms with Crippen molar-refractivity contribution in [1.82, 2.24) is 9.97 Å². The normalized spacial score (nSPS) is 15.6. The molecule has 3 rings (SSSR count). The SMILES string of the molecule is CCS(=O)(=O)c1ccc(Cl)nc1-c1cc2c(cn1)N(C(F)C(F)(F)C(F)F)C(=O)OC2. The van der Waals surface area contributed by atoms with E-state index >= 15 is 0 Å². The maximum Gasteiger partial charge on any atom is 0.417 e. The molecule has 0 bridgehead atoms. The van der Waals surface area contributed by atoms with E-state index in [-0.39, 0.29) is 37.7 Å². The van der Waals surface area contributed by atoms with Crippen LogP contribution < -0.4 is 4.90 Å². The number of carbonyl (C=O) groups is 1. The first-order chi connectivity index (χ1) is 14.4. The number of hydrogen-bond donors (Lipinski definition) is 0. The molecule has 2 aromatic heterocycles. The number of hydrogen-bond acceptors (Lipinski definition) is 6. The maximum atomic E-state index is 14.2. The fourth-order valence-electron chi connectivity index (χ4n) is 2.76. The summed E-state index contributed by atoms with van der Waals surface area (Å²) in [5.41, 5.74) is -0.883. The topological polar surface area (TPSA) is 89.5 Å². The Balaban J connectivity index is 2.12. The highest BCUT2D eigenvalue weighted by Crippen LogP contribution is 2.38. The van der Waals surface area contributed by atoms with E-state index in [2.05, 4.69) is 14.7 Å². The van der Waals surface area contributed by atoms with Crippen molar-refractivity contribution in [2.24, 2.45) is 0 Å². The number of amides is 1. The van der Waals surface area contributed by atoms with Crippen LogP contribution in [0.25, 0.3) is 11.4 Å². The van der Waals surface area contributed by atoms with Crippen LogP contribution in [0.2, 0.25) is 5.15 Å². The monoisotopic (exact) mass is 485 g/mol. The number of aromatic nitrogens is 2. The van der Waals surface area contributed by atoms with Gasteiger partial charge in [0, 0.05) is 5.56 Å². The maximum absolute atomic E-state index is 14.2. The first kappa shape index (κ1) is 23.1. The second kappa shape index (κ2) is 8.19. The predicted octanol–water partition coefficient (Wildman–Crippen LogP) is 4.24. The Hall–Kier alpha value is -2.54. The molecular formula is C17H13ClF5N3O4S. The number of carbonyl (C=O) groups excluding carboxylic acids is 1. The zero-order valence-corrected chi connectivity index (χ0v) is 17.1. The molecular weight excluding hydrogens is 473 g/mol. The largest absolute Gasteiger partial charge is 0.444 e. The van der Waals surface area contributed by atoms with Crippen LogP contribution in [0.15, 0.2) is 29.3 Å². The number of sulfone groups is 1. The molecule has 14 heteroatoms. The van der Waals surface area contributed by atoms with Gasteiger partial charge in [-0.1, -0.05) is 18.5 Å². The van der Waals surface area contributed by atoms with Gasteiger partial charge in [0.2, 0.25) is 0 Å². The van der Waals surface area contributed by atoms with Crippen molar-refractivity contribution in [1.29, 1.82) is 0 Å². The van der Waals surface area contributed by atoms with Gasteiger partial charge in [0.15, 0.2) is 9.84 Å². The van der Waals surface area contributed by atoms with Crippen molar-refractivity contribution in [3.05, 3.63) is 35.1 Å². The Bertz CT molecular complexity index is 1130. The van der Waals surface area contributed by atoms with Crippen molar-refractivity contribution in [3.8, 4) is 11.4 Å². The highest BCUT2D eigenvalue weighted by atomic mass is 35.5. The van der Waals surface area contributed by atoms with Gasteiger partial charge in [-0.2, -0.15) is 8.78 Å². The number of anilines is 1. The molecule has 0 saturated heterocycles. The van der Waals surface area contributed by atoms with Crippen LogP contribution in [0.3, 0.4) is 0 Å². The van der Waals surface area contributed by atoms with Gasteiger partial charge in [-0.25, -0.2) is 36.3 Å². The van der Waals surface area contributed by atoms with E-state index in [1.165, 1.54) is 19.1 Å². The summed E-state index contributed by atoms with van der Waals surface area (Å²) in [4.78, 5) is 19.2. The van der Waals surface area contributed by atoms with Crippen LogP contribution in [0.5, 0.6) is 0 Å². The second-order valence-corrected chi connectivity index (χ2v) is 8.95. The zero-order valence-electron chi connectivity index (χ0n) is 15.5. The van der Waals surface area contributed by atoms with E-state index in [0.29, 0.717) is 0 Å². The zero-order chi connectivity index (χ0) is 23.1. The average molecular weight is 486 g/mol. The number of pyridine rings is 2. The van der Waals surface area contributed by atoms with Crippen LogP contribution in [0.4, 0.5) is 32.4 Å². The number of alkyl halides is 5. The van der Waals surface area contributed by atoms with Crippen molar-refractivity contribution < 1.29 is 39.9 Å². The van der Waals surface area contributed by atoms with E-state index in [9.17, 15) is 35.2 Å². The summed E-state index contributed by atoms with van der Waals surface area (Å²) in [6.45, 7) is 0.874. The molecule has 1 aliphatic rings. The molecule has 1 unspecified atom stereocenters. The van der Waals surface area contributed by atoms with Gasteiger partial charge in [0.25, 0.3) is 6.30 Å². The lowest BCUT2D eigenvalue weighted by Crippen LogP contribution is -2.53. The van der Waals surface area contributed by atoms with E-state index in [4.69, 9.17) is 11.6 Å². The highest BCUT2D eigenvalue weighted by molar-refractivity contribution is 7.91. The summed E-state index contributed by atoms with van der Waals surface area (Å²) in [6.07, 6.45) is -8.95. The third kappa shape index (κ3) is 4.15. The summed E-state index contributed by atoms with van der Waals surface area (Å²) >= 11 is 5.85. The molecule has 31 heavy (non-hydrogen) atoms. The molecule has 0 fully saturated rings. The first-order valence-electron chi connectivity index (χ1n) is 8.54. The van der Waals surface area contributed by atoms with Crippen molar-refractivity contribution in [2.75, 3.05) is 10.7 Å². The fraction of sp³-hybridized carbons (Fsp3) is 0.353. The standard InChI is InChI=1S/C17H13ClF5N3O4S/c1-2-31(28,29)11-3-4-12(18)25-13(11)9-5-8-7-30-16(27)26(10(8)6-24-9)15(21)17(22,23)14(19)20/h3-6,14-15H,2,7H2,1H3. The molecule has 0 N–H and O–H groups in total. The van der Waals surface area contributed by atoms with Crippen LogP contribution in [-0.4, -0.2) is 48.9 Å². The Morgan fingerprint density at radius 3 is 2.58 bits per heavy atom. The van der Waals surface area contributed by atoms with Gasteiger partial charge in [0.1, 0.15) is 17.5 Å². The van der Waals surface area contributed by atoms with Crippen LogP contribution in [0.1, 0.15) is 12.5 Å². The number of ether oxygens (including phenoxy) is 1. The van der Waals surface area contributed by atoms with Crippen LogP contribution in [0, 0.1) is 0 Å². The number of fused-ring (bicyclic) bond motifs is 1. The molecule has 168 valence electrons. The molecule has 1 amide bonds. The van der Waals surface area contributed by atoms with E-state index in [0.717, 1.165) is 12.3 Å². The van der Waals surface area contributed by atoms with E-state index < -0.39 is 46.9 Å². The number of nitrogens with zero attached hydrogens (tertiary/aromatic N) is 3. The molecule has 0 radical (unpaired) electrons. The molecule has 3 heterocycles. The molecule has 0 spiro atoms. The summed E-state index contributed by atoms with van der Waals surface area (Å²) in [5.74, 6) is -5.45. The lowest BCUT2D eigenvalue weighted by molar-refractivity contribution is -0.169. The van der Waals surface area contributed by atoms with Crippen molar-refractivity contribution >= 4 is 33.2 Å². The molecule has 0 aromatic carbocycles. The molecule has 7 nitrogen and oxygen atoms in total. The molecule has 1 aliphatic heterocycles. The Morgan fingerprint density at radius 1 is 1.29 bits per heavy atom. The quantitative estimate of drug-likeness (QED) is 0.345. The van der Waals surface area contributed by atoms with Gasteiger partial charge >= 0.3 is 18.4 Å². The molecule has 0 aliphatic carbocycles. The Morgan fingerprint density at radius 2 is 1.97 bits per heavy atom. The average Bonchev–Trinajstić information content (AvgIpc) is 2.72. The summed E-state index contributed by atoms with van der Waals surface area (Å²) in [6, 6.07) is 3.57. The lowest BCUT2D eigenvalue weighted by atomic mass is 10.1. The lowest BCUT2D eigenvalue weighted by Gasteiger charge is -2.34. The third-order valence-electron chi connectivity index (χ3n) is 4.39. The molecule has 2 aromatic rings. The minimum atomic E-state index is -5.18. The third-order valence-corrected chi connectivity index (χ3v) is 6.36. The number of rotatable bonds is 6. The highest BCUT2D eigenvalue weighted by Gasteiger charge is 2.55. The van der Waals surface area contributed by atoms with Gasteiger partial charge < -0.3 is 4.74 Å². The molecule has 1 atom stereocenters. The van der Waals surface area contributed by atoms with Crippen LogP contribution >= 0.6 is 11.6 Å². The Labute approximate surface area is 177 Å². The van der Waals surface area contributed by atoms with Gasteiger partial charge in [-0.15, -0.1) is 0 Å². The van der Waals surface area contributed by atoms with E-state index in [1.54, 1.807) is 0 Å². The summed E-state index contributed by atoms with van der Waals surface area (Å²) < 4.78 is 95.8. The summed E-state index contributed by atoms with van der Waals surface area (Å²) in [7, 11) is -3.78. The minimum Gasteiger partial charge on any atom is -0.444 e. The first-order valence-corrected chi connectivity index (χ1v) is 10.6. The second-order valence-electron chi connectivity index (χ2n) is 6.32. The minimum absolute atomic E-state index is 0.0713. The molecule has 0 saturated carbocycles. The van der Waals surface area contributed by atoms with Crippen molar-refractivity contribution in [2.45, 2.75) is 37.1 Å². The van der Waals surface area contributed by atoms with Gasteiger partial charge in [-0.05, 0) is 18.2 Å². The van der Waals surface area contributed by atoms with E-state index in [1.807, 2.05) is 0 Å². The number of cyclic esters (lactones) is 1. The van der Waals surface area contributed by atoms with Crippen molar-refractivity contribution in [3.63, 3.8) is 0 Å². The number of halogens is 6. The smallest absolute Gasteiger partial charge is 0.417 e. The van der Waals surface area contributed by atoms with Gasteiger partial charge in [0.05, 0.1) is 28.2 Å². The predicted molar refractivity (Wildman–Crippen MR) is 98.7 cm³/mol. The van der Waals surface area contributed by atoms with Gasteiger partial charge in [-0.3, -0.25) is 4.98 Å². The fourth-order valence-corrected chi connectivity index (χ4v) is 3.94.